The van der Waals surface area contributed by atoms with E-state index >= 15 is 0 Å². The van der Waals surface area contributed by atoms with Crippen LogP contribution in [-0.2, 0) is 17.8 Å². The van der Waals surface area contributed by atoms with E-state index in [2.05, 4.69) is 28.8 Å². The smallest absolute Gasteiger partial charge is 0.321 e. The number of nitrogens with zero attached hydrogens (tertiary/aromatic N) is 1. The van der Waals surface area contributed by atoms with Crippen molar-refractivity contribution in [1.29, 1.82) is 0 Å². The summed E-state index contributed by atoms with van der Waals surface area (Å²) in [6.07, 6.45) is 3.25. The molecule has 3 amide bonds. The Hall–Kier alpha value is -2.18. The zero-order valence-electron chi connectivity index (χ0n) is 14.3. The van der Waals surface area contributed by atoms with Gasteiger partial charge in [-0.1, -0.05) is 30.3 Å². The molecule has 0 unspecified atom stereocenters. The number of hydrogen-bond donors (Lipinski definition) is 2. The largest absolute Gasteiger partial charge is 0.333 e. The number of likely N-dealkylation sites (N-methyl/N-ethyl adjacent to an activating group) is 1. The number of benzene rings is 1. The van der Waals surface area contributed by atoms with Gasteiger partial charge in [0.05, 0.1) is 13.1 Å². The molecular weight excluding hydrogens is 334 g/mol. The van der Waals surface area contributed by atoms with Gasteiger partial charge in [-0.3, -0.25) is 15.0 Å². The van der Waals surface area contributed by atoms with Gasteiger partial charge in [-0.25, -0.2) is 4.79 Å². The maximum absolute atomic E-state index is 12.2. The monoisotopic (exact) mass is 357 g/mol. The highest BCUT2D eigenvalue weighted by molar-refractivity contribution is 7.09. The summed E-state index contributed by atoms with van der Waals surface area (Å²) < 4.78 is 0. The van der Waals surface area contributed by atoms with Gasteiger partial charge < -0.3 is 5.32 Å². The normalized spacial score (nSPS) is 16.3. The molecule has 0 radical (unpaired) electrons. The van der Waals surface area contributed by atoms with Gasteiger partial charge in [0.1, 0.15) is 0 Å². The van der Waals surface area contributed by atoms with Crippen molar-refractivity contribution in [3.05, 3.63) is 57.8 Å². The maximum atomic E-state index is 12.2. The number of thiophene rings is 1. The molecule has 3 rings (SSSR count). The molecule has 132 valence electrons. The summed E-state index contributed by atoms with van der Waals surface area (Å²) in [7, 11) is 1.94. The lowest BCUT2D eigenvalue weighted by Gasteiger charge is -2.32. The highest BCUT2D eigenvalue weighted by Gasteiger charge is 2.24. The quantitative estimate of drug-likeness (QED) is 0.864. The average molecular weight is 357 g/mol. The summed E-state index contributed by atoms with van der Waals surface area (Å²) in [4.78, 5) is 27.1. The minimum absolute atomic E-state index is 0.200. The molecule has 2 aromatic rings. The van der Waals surface area contributed by atoms with E-state index in [9.17, 15) is 9.59 Å². The van der Waals surface area contributed by atoms with Crippen LogP contribution in [0.5, 0.6) is 0 Å². The predicted octanol–water partition coefficient (Wildman–Crippen LogP) is 3.08. The topological polar surface area (TPSA) is 61.4 Å². The Morgan fingerprint density at radius 3 is 2.88 bits per heavy atom. The van der Waals surface area contributed by atoms with Gasteiger partial charge >= 0.3 is 6.03 Å². The van der Waals surface area contributed by atoms with Crippen LogP contribution < -0.4 is 10.6 Å². The number of aryl methyl sites for hydroxylation is 1. The van der Waals surface area contributed by atoms with Gasteiger partial charge in [0, 0.05) is 10.9 Å². The minimum Gasteiger partial charge on any atom is -0.333 e. The van der Waals surface area contributed by atoms with Crippen molar-refractivity contribution >= 4 is 23.3 Å². The summed E-state index contributed by atoms with van der Waals surface area (Å²) in [6.45, 7) is 0.633. The fourth-order valence-electron chi connectivity index (χ4n) is 3.31. The van der Waals surface area contributed by atoms with E-state index < -0.39 is 6.03 Å². The summed E-state index contributed by atoms with van der Waals surface area (Å²) in [5, 5.41) is 7.07. The number of carbonyl (C=O) groups is 2. The lowest BCUT2D eigenvalue weighted by atomic mass is 9.87. The second-order valence-electron chi connectivity index (χ2n) is 6.33. The summed E-state index contributed by atoms with van der Waals surface area (Å²) >= 11 is 1.57. The molecule has 0 aliphatic heterocycles. The van der Waals surface area contributed by atoms with Gasteiger partial charge in [-0.2, -0.15) is 0 Å². The number of fused-ring (bicyclic) bond motifs is 1. The van der Waals surface area contributed by atoms with E-state index in [1.54, 1.807) is 11.3 Å². The number of hydrogen-bond acceptors (Lipinski definition) is 4. The predicted molar refractivity (Wildman–Crippen MR) is 99.4 cm³/mol. The number of imide groups is 1. The van der Waals surface area contributed by atoms with Crippen LogP contribution in [0.4, 0.5) is 4.79 Å². The highest BCUT2D eigenvalue weighted by Crippen LogP contribution is 2.33. The fraction of sp³-hybridized carbons (Fsp3) is 0.368. The zero-order valence-corrected chi connectivity index (χ0v) is 15.1. The van der Waals surface area contributed by atoms with Gasteiger partial charge in [0.2, 0.25) is 5.91 Å². The lowest BCUT2D eigenvalue weighted by molar-refractivity contribution is -0.121. The van der Waals surface area contributed by atoms with Crippen LogP contribution >= 0.6 is 11.3 Å². The molecule has 1 atom stereocenters. The van der Waals surface area contributed by atoms with Gasteiger partial charge in [-0.15, -0.1) is 11.3 Å². The molecule has 0 fully saturated rings. The third-order valence-corrected chi connectivity index (χ3v) is 5.40. The molecule has 1 aliphatic rings. The lowest BCUT2D eigenvalue weighted by Crippen LogP contribution is -2.44. The van der Waals surface area contributed by atoms with E-state index in [-0.39, 0.29) is 18.5 Å². The standard InChI is InChI=1S/C19H23N3O2S/c1-22(17-10-4-7-14-6-2-3-9-16(14)17)13-18(23)21-19(24)20-12-15-8-5-11-25-15/h2-3,5-6,8-9,11,17H,4,7,10,12-13H2,1H3,(H2,20,21,23,24)/t17-/m0/s1. The first-order valence-electron chi connectivity index (χ1n) is 8.51. The van der Waals surface area contributed by atoms with E-state index in [1.165, 1.54) is 11.1 Å². The third kappa shape index (κ3) is 4.67. The van der Waals surface area contributed by atoms with Crippen LogP contribution in [-0.4, -0.2) is 30.4 Å². The summed E-state index contributed by atoms with van der Waals surface area (Å²) in [5.74, 6) is -0.283. The molecule has 0 saturated carbocycles. The Morgan fingerprint density at radius 1 is 1.24 bits per heavy atom. The Labute approximate surface area is 152 Å². The average Bonchev–Trinajstić information content (AvgIpc) is 3.13. The number of urea groups is 1. The molecule has 1 aliphatic carbocycles. The fourth-order valence-corrected chi connectivity index (χ4v) is 3.96. The third-order valence-electron chi connectivity index (χ3n) is 4.52. The molecule has 0 spiro atoms. The van der Waals surface area contributed by atoms with Crippen molar-refractivity contribution < 1.29 is 9.59 Å². The van der Waals surface area contributed by atoms with Crippen molar-refractivity contribution in [2.45, 2.75) is 31.8 Å². The molecule has 1 aromatic heterocycles. The Morgan fingerprint density at radius 2 is 2.08 bits per heavy atom. The number of rotatable bonds is 5. The SMILES string of the molecule is CN(CC(=O)NC(=O)NCc1cccs1)[C@H]1CCCc2ccccc21. The van der Waals surface area contributed by atoms with Crippen molar-refractivity contribution in [2.75, 3.05) is 13.6 Å². The van der Waals surface area contributed by atoms with Crippen LogP contribution in [0.3, 0.4) is 0 Å². The van der Waals surface area contributed by atoms with Crippen molar-refractivity contribution in [2.24, 2.45) is 0 Å². The Bertz CT molecular complexity index is 730. The van der Waals surface area contributed by atoms with Crippen molar-refractivity contribution in [1.82, 2.24) is 15.5 Å². The Balaban J connectivity index is 1.50. The highest BCUT2D eigenvalue weighted by atomic mass is 32.1. The van der Waals surface area contributed by atoms with Crippen molar-refractivity contribution in [3.63, 3.8) is 0 Å². The first-order valence-corrected chi connectivity index (χ1v) is 9.39. The minimum atomic E-state index is -0.448. The van der Waals surface area contributed by atoms with Crippen LogP contribution in [0.1, 0.15) is 34.9 Å². The van der Waals surface area contributed by atoms with E-state index in [1.807, 2.05) is 35.5 Å². The molecule has 5 nitrogen and oxygen atoms in total. The van der Waals surface area contributed by atoms with Crippen LogP contribution in [0, 0.1) is 0 Å². The van der Waals surface area contributed by atoms with Crippen molar-refractivity contribution in [3.8, 4) is 0 Å². The molecule has 0 saturated heterocycles. The van der Waals surface area contributed by atoms with E-state index in [4.69, 9.17) is 0 Å². The Kier molecular flexibility index (Phi) is 5.83. The molecule has 2 N–H and O–H groups in total. The number of amides is 3. The van der Waals surface area contributed by atoms with Gasteiger partial charge in [-0.05, 0) is 48.9 Å². The molecule has 25 heavy (non-hydrogen) atoms. The van der Waals surface area contributed by atoms with Crippen LogP contribution in [0.2, 0.25) is 0 Å². The van der Waals surface area contributed by atoms with Crippen LogP contribution in [0.25, 0.3) is 0 Å². The molecule has 1 heterocycles. The van der Waals surface area contributed by atoms with E-state index in [0.29, 0.717) is 6.54 Å². The summed E-state index contributed by atoms with van der Waals surface area (Å²) in [5.41, 5.74) is 2.66. The van der Waals surface area contributed by atoms with Gasteiger partial charge in [0.15, 0.2) is 0 Å². The van der Waals surface area contributed by atoms with Crippen LogP contribution in [0.15, 0.2) is 41.8 Å². The van der Waals surface area contributed by atoms with E-state index in [0.717, 1.165) is 24.1 Å². The molecule has 0 bridgehead atoms. The summed E-state index contributed by atoms with van der Waals surface area (Å²) in [6, 6.07) is 12.1. The second kappa shape index (κ2) is 8.27. The number of carbonyl (C=O) groups excluding carboxylic acids is 2. The second-order valence-corrected chi connectivity index (χ2v) is 7.36. The molecular formula is C19H23N3O2S. The molecule has 1 aromatic carbocycles. The first kappa shape index (κ1) is 17.6. The first-order chi connectivity index (χ1) is 12.1. The van der Waals surface area contributed by atoms with Gasteiger partial charge in [0.25, 0.3) is 0 Å². The zero-order chi connectivity index (χ0) is 17.6. The maximum Gasteiger partial charge on any atom is 0.321 e. The molecule has 6 heteroatoms. The number of nitrogens with one attached hydrogen (secondary N) is 2.